The van der Waals surface area contributed by atoms with Gasteiger partial charge in [0.2, 0.25) is 11.8 Å². The van der Waals surface area contributed by atoms with Gasteiger partial charge in [0.15, 0.2) is 0 Å². The van der Waals surface area contributed by atoms with Gasteiger partial charge in [0.25, 0.3) is 0 Å². The summed E-state index contributed by atoms with van der Waals surface area (Å²) in [6.07, 6.45) is 4.22. The number of carbonyl (C=O) groups is 2. The molecule has 1 aromatic heterocycles. The van der Waals surface area contributed by atoms with E-state index < -0.39 is 5.97 Å². The SMILES string of the molecule is N#C[C@@H]1CCCN1C(=O)[C@@H]1CC[C@H](COc2ncc(C(=O)O)cc2Cl)N1. The molecule has 0 spiro atoms. The fourth-order valence-corrected chi connectivity index (χ4v) is 3.56. The Bertz CT molecular complexity index is 751. The van der Waals surface area contributed by atoms with E-state index in [4.69, 9.17) is 26.7 Å². The number of halogens is 1. The number of amides is 1. The molecule has 2 fully saturated rings. The summed E-state index contributed by atoms with van der Waals surface area (Å²) < 4.78 is 5.58. The molecule has 2 saturated heterocycles. The van der Waals surface area contributed by atoms with Crippen molar-refractivity contribution in [3.8, 4) is 11.9 Å². The Kier molecular flexibility index (Phi) is 5.59. The first-order valence-corrected chi connectivity index (χ1v) is 8.85. The van der Waals surface area contributed by atoms with Crippen LogP contribution < -0.4 is 10.1 Å². The van der Waals surface area contributed by atoms with Gasteiger partial charge in [0, 0.05) is 18.8 Å². The molecule has 0 unspecified atom stereocenters. The molecule has 0 radical (unpaired) electrons. The van der Waals surface area contributed by atoms with Crippen LogP contribution in [0.3, 0.4) is 0 Å². The highest BCUT2D eigenvalue weighted by atomic mass is 35.5. The van der Waals surface area contributed by atoms with Crippen molar-refractivity contribution < 1.29 is 19.4 Å². The predicted molar refractivity (Wildman–Crippen MR) is 92.0 cm³/mol. The molecule has 8 nitrogen and oxygen atoms in total. The quantitative estimate of drug-likeness (QED) is 0.796. The fraction of sp³-hybridized carbons (Fsp3) is 0.529. The van der Waals surface area contributed by atoms with Crippen LogP contribution in [-0.4, -0.2) is 58.1 Å². The molecule has 2 aliphatic rings. The van der Waals surface area contributed by atoms with Gasteiger partial charge in [0.05, 0.1) is 17.7 Å². The van der Waals surface area contributed by atoms with Gasteiger partial charge in [-0.25, -0.2) is 9.78 Å². The number of aromatic carboxylic acids is 1. The van der Waals surface area contributed by atoms with Crippen LogP contribution in [0.1, 0.15) is 36.0 Å². The van der Waals surface area contributed by atoms with E-state index in [2.05, 4.69) is 16.4 Å². The average molecular weight is 379 g/mol. The zero-order chi connectivity index (χ0) is 18.7. The molecule has 2 aliphatic heterocycles. The van der Waals surface area contributed by atoms with E-state index in [1.165, 1.54) is 12.3 Å². The Balaban J connectivity index is 1.53. The number of rotatable bonds is 5. The van der Waals surface area contributed by atoms with Gasteiger partial charge in [-0.2, -0.15) is 5.26 Å². The Morgan fingerprint density at radius 1 is 1.46 bits per heavy atom. The van der Waals surface area contributed by atoms with Crippen LogP contribution in [-0.2, 0) is 4.79 Å². The number of hydrogen-bond donors (Lipinski definition) is 2. The molecule has 0 aromatic carbocycles. The van der Waals surface area contributed by atoms with E-state index in [1.807, 2.05) is 0 Å². The van der Waals surface area contributed by atoms with E-state index in [0.717, 1.165) is 19.3 Å². The summed E-state index contributed by atoms with van der Waals surface area (Å²) in [5.41, 5.74) is -0.00957. The standard InChI is InChI=1S/C17H19ClN4O4/c18-13-6-10(17(24)25)8-20-15(13)26-9-11-3-4-14(21-11)16(23)22-5-1-2-12(22)7-19/h6,8,11-12,14,21H,1-5,9H2,(H,24,25)/t11-,12+,14+/m1/s1. The maximum atomic E-state index is 12.6. The first-order chi connectivity index (χ1) is 12.5. The van der Waals surface area contributed by atoms with E-state index in [-0.39, 0.29) is 47.1 Å². The topological polar surface area (TPSA) is 116 Å². The fourth-order valence-electron chi connectivity index (χ4n) is 3.34. The molecule has 2 N–H and O–H groups in total. The third-order valence-corrected chi connectivity index (χ3v) is 4.97. The molecule has 3 rings (SSSR count). The number of carbonyl (C=O) groups excluding carboxylic acids is 1. The summed E-state index contributed by atoms with van der Waals surface area (Å²) in [4.78, 5) is 29.0. The van der Waals surface area contributed by atoms with Gasteiger partial charge in [-0.1, -0.05) is 11.6 Å². The molecular weight excluding hydrogens is 360 g/mol. The van der Waals surface area contributed by atoms with Crippen LogP contribution in [0.15, 0.2) is 12.3 Å². The van der Waals surface area contributed by atoms with Crippen molar-refractivity contribution in [3.05, 3.63) is 22.8 Å². The van der Waals surface area contributed by atoms with Crippen molar-refractivity contribution in [1.29, 1.82) is 5.26 Å². The number of pyridine rings is 1. The van der Waals surface area contributed by atoms with Gasteiger partial charge in [0.1, 0.15) is 17.7 Å². The molecule has 0 saturated carbocycles. The number of ether oxygens (including phenoxy) is 1. The van der Waals surface area contributed by atoms with Crippen LogP contribution in [0.5, 0.6) is 5.88 Å². The highest BCUT2D eigenvalue weighted by molar-refractivity contribution is 6.32. The largest absolute Gasteiger partial charge is 0.478 e. The molecule has 0 aliphatic carbocycles. The summed E-state index contributed by atoms with van der Waals surface area (Å²) >= 11 is 5.99. The van der Waals surface area contributed by atoms with Gasteiger partial charge in [-0.15, -0.1) is 0 Å². The monoisotopic (exact) mass is 378 g/mol. The van der Waals surface area contributed by atoms with Crippen molar-refractivity contribution >= 4 is 23.5 Å². The number of aromatic nitrogens is 1. The van der Waals surface area contributed by atoms with Crippen LogP contribution in [0, 0.1) is 11.3 Å². The van der Waals surface area contributed by atoms with Gasteiger partial charge in [-0.3, -0.25) is 10.1 Å². The minimum Gasteiger partial charge on any atom is -0.478 e. The zero-order valence-corrected chi connectivity index (χ0v) is 14.8. The Labute approximate surface area is 155 Å². The molecule has 1 amide bonds. The second-order valence-corrected chi connectivity index (χ2v) is 6.85. The first kappa shape index (κ1) is 18.4. The van der Waals surface area contributed by atoms with Crippen molar-refractivity contribution in [1.82, 2.24) is 15.2 Å². The molecule has 1 aromatic rings. The van der Waals surface area contributed by atoms with E-state index in [1.54, 1.807) is 4.90 Å². The Morgan fingerprint density at radius 2 is 2.27 bits per heavy atom. The second-order valence-electron chi connectivity index (χ2n) is 6.44. The molecular formula is C17H19ClN4O4. The van der Waals surface area contributed by atoms with Gasteiger partial charge in [-0.05, 0) is 31.7 Å². The van der Waals surface area contributed by atoms with Gasteiger partial charge >= 0.3 is 5.97 Å². The molecule has 26 heavy (non-hydrogen) atoms. The lowest BCUT2D eigenvalue weighted by Crippen LogP contribution is -2.47. The molecule has 0 bridgehead atoms. The van der Waals surface area contributed by atoms with Crippen molar-refractivity contribution in [3.63, 3.8) is 0 Å². The van der Waals surface area contributed by atoms with Crippen LogP contribution in [0.25, 0.3) is 0 Å². The zero-order valence-electron chi connectivity index (χ0n) is 14.0. The Hall–Kier alpha value is -2.37. The first-order valence-electron chi connectivity index (χ1n) is 8.47. The van der Waals surface area contributed by atoms with Crippen molar-refractivity contribution in [2.45, 2.75) is 43.8 Å². The predicted octanol–water partition coefficient (Wildman–Crippen LogP) is 1.45. The molecule has 3 heterocycles. The maximum absolute atomic E-state index is 12.6. The number of nitrogens with zero attached hydrogens (tertiary/aromatic N) is 3. The molecule has 138 valence electrons. The number of nitriles is 1. The lowest BCUT2D eigenvalue weighted by atomic mass is 10.1. The molecule has 9 heteroatoms. The Morgan fingerprint density at radius 3 is 2.96 bits per heavy atom. The van der Waals surface area contributed by atoms with E-state index in [0.29, 0.717) is 13.0 Å². The summed E-state index contributed by atoms with van der Waals surface area (Å²) in [7, 11) is 0. The lowest BCUT2D eigenvalue weighted by Gasteiger charge is -2.23. The highest BCUT2D eigenvalue weighted by Crippen LogP contribution is 2.25. The van der Waals surface area contributed by atoms with Crippen molar-refractivity contribution in [2.24, 2.45) is 0 Å². The summed E-state index contributed by atoms with van der Waals surface area (Å²) in [6, 6.07) is 2.80. The summed E-state index contributed by atoms with van der Waals surface area (Å²) in [6.45, 7) is 0.899. The van der Waals surface area contributed by atoms with Crippen LogP contribution in [0.4, 0.5) is 0 Å². The number of likely N-dealkylation sites (tertiary alicyclic amines) is 1. The number of nitrogens with one attached hydrogen (secondary N) is 1. The third-order valence-electron chi connectivity index (χ3n) is 4.70. The van der Waals surface area contributed by atoms with Crippen LogP contribution >= 0.6 is 11.6 Å². The smallest absolute Gasteiger partial charge is 0.337 e. The van der Waals surface area contributed by atoms with E-state index in [9.17, 15) is 9.59 Å². The second kappa shape index (κ2) is 7.89. The van der Waals surface area contributed by atoms with E-state index >= 15 is 0 Å². The minimum atomic E-state index is -1.11. The summed E-state index contributed by atoms with van der Waals surface area (Å²) in [5, 5.41) is 21.4. The normalized spacial score (nSPS) is 25.1. The van der Waals surface area contributed by atoms with Gasteiger partial charge < -0.3 is 14.7 Å². The van der Waals surface area contributed by atoms with Crippen molar-refractivity contribution in [2.75, 3.05) is 13.2 Å². The highest BCUT2D eigenvalue weighted by Gasteiger charge is 2.37. The maximum Gasteiger partial charge on any atom is 0.337 e. The minimum absolute atomic E-state index is 0.00957. The van der Waals surface area contributed by atoms with Crippen LogP contribution in [0.2, 0.25) is 5.02 Å². The number of carboxylic acid groups (broad SMARTS) is 1. The lowest BCUT2D eigenvalue weighted by molar-refractivity contribution is -0.133. The summed E-state index contributed by atoms with van der Waals surface area (Å²) in [5.74, 6) is -0.974. The number of carboxylic acids is 1. The third kappa shape index (κ3) is 3.89. The number of hydrogen-bond acceptors (Lipinski definition) is 6. The molecule has 3 atom stereocenters. The average Bonchev–Trinajstić information content (AvgIpc) is 3.29.